The first kappa shape index (κ1) is 17.7. The first-order valence-electron chi connectivity index (χ1n) is 9.70. The van der Waals surface area contributed by atoms with Gasteiger partial charge in [0, 0.05) is 12.6 Å². The Balaban J connectivity index is 1.56. The van der Waals surface area contributed by atoms with Crippen molar-refractivity contribution in [3.63, 3.8) is 0 Å². The van der Waals surface area contributed by atoms with Crippen molar-refractivity contribution in [2.75, 3.05) is 13.2 Å². The molecule has 2 aromatic rings. The van der Waals surface area contributed by atoms with Gasteiger partial charge in [0.25, 0.3) is 0 Å². The summed E-state index contributed by atoms with van der Waals surface area (Å²) in [5, 5.41) is 1.53. The van der Waals surface area contributed by atoms with Crippen LogP contribution in [0.25, 0.3) is 5.57 Å². The molecule has 2 aliphatic rings. The van der Waals surface area contributed by atoms with Crippen LogP contribution in [-0.4, -0.2) is 38.3 Å². The lowest BCUT2D eigenvalue weighted by Crippen LogP contribution is -2.53. The van der Waals surface area contributed by atoms with Gasteiger partial charge in [-0.3, -0.25) is 4.90 Å². The fraction of sp³-hybridized carbons (Fsp3) is 0.391. The Bertz CT molecular complexity index is 776. The molecule has 2 heterocycles. The number of nitrogens with zero attached hydrogens (tertiary/aromatic N) is 1. The Kier molecular flexibility index (Phi) is 4.87. The van der Waals surface area contributed by atoms with Gasteiger partial charge in [-0.25, -0.2) is 0 Å². The molecular weight excluding hydrogens is 334 g/mol. The average Bonchev–Trinajstić information content (AvgIpc) is 2.62. The zero-order valence-electron chi connectivity index (χ0n) is 16.1. The highest BCUT2D eigenvalue weighted by Crippen LogP contribution is 2.33. The standard InChI is InChI=1S/C23H29NOSi/c1-26(2,3)23-11-9-19(10-12-23)20-13-21-16-25-17-22(14-20)24(21)15-18-7-5-4-6-8-18/h4-13,21-22H,14-17H2,1-3H3. The molecule has 0 N–H and O–H groups in total. The lowest BCUT2D eigenvalue weighted by Gasteiger charge is -2.45. The highest BCUT2D eigenvalue weighted by Gasteiger charge is 2.34. The number of ether oxygens (including phenoxy) is 1. The molecule has 0 aromatic heterocycles. The summed E-state index contributed by atoms with van der Waals surface area (Å²) in [5.41, 5.74) is 4.28. The van der Waals surface area contributed by atoms with Gasteiger partial charge in [0.05, 0.1) is 27.3 Å². The van der Waals surface area contributed by atoms with Crippen molar-refractivity contribution in [2.45, 2.75) is 44.7 Å². The summed E-state index contributed by atoms with van der Waals surface area (Å²) in [4.78, 5) is 2.62. The molecule has 1 saturated heterocycles. The second-order valence-electron chi connectivity index (χ2n) is 8.64. The Morgan fingerprint density at radius 1 is 0.962 bits per heavy atom. The van der Waals surface area contributed by atoms with Gasteiger partial charge >= 0.3 is 0 Å². The normalized spacial score (nSPS) is 23.6. The van der Waals surface area contributed by atoms with E-state index in [4.69, 9.17) is 4.74 Å². The minimum absolute atomic E-state index is 0.384. The fourth-order valence-electron chi connectivity index (χ4n) is 4.10. The highest BCUT2D eigenvalue weighted by atomic mass is 28.3. The van der Waals surface area contributed by atoms with Gasteiger partial charge in [0.1, 0.15) is 0 Å². The topological polar surface area (TPSA) is 12.5 Å². The lowest BCUT2D eigenvalue weighted by molar-refractivity contribution is -0.0402. The Morgan fingerprint density at radius 2 is 1.69 bits per heavy atom. The van der Waals surface area contributed by atoms with Crippen molar-refractivity contribution < 1.29 is 4.74 Å². The van der Waals surface area contributed by atoms with Crippen molar-refractivity contribution in [1.29, 1.82) is 0 Å². The third-order valence-corrected chi connectivity index (χ3v) is 7.74. The second kappa shape index (κ2) is 7.14. The van der Waals surface area contributed by atoms with Gasteiger partial charge in [0.2, 0.25) is 0 Å². The van der Waals surface area contributed by atoms with Crippen LogP contribution in [0, 0.1) is 0 Å². The molecule has 2 aliphatic heterocycles. The molecule has 2 aromatic carbocycles. The summed E-state index contributed by atoms with van der Waals surface area (Å²) in [6, 6.07) is 21.0. The van der Waals surface area contributed by atoms with Crippen molar-refractivity contribution in [1.82, 2.24) is 4.90 Å². The van der Waals surface area contributed by atoms with Gasteiger partial charge in [0.15, 0.2) is 0 Å². The van der Waals surface area contributed by atoms with Crippen LogP contribution in [-0.2, 0) is 11.3 Å². The van der Waals surface area contributed by atoms with E-state index >= 15 is 0 Å². The summed E-state index contributed by atoms with van der Waals surface area (Å²) >= 11 is 0. The van der Waals surface area contributed by atoms with E-state index in [0.717, 1.165) is 26.2 Å². The van der Waals surface area contributed by atoms with Crippen molar-refractivity contribution in [2.24, 2.45) is 0 Å². The minimum atomic E-state index is -1.23. The molecule has 4 rings (SSSR count). The van der Waals surface area contributed by atoms with Crippen LogP contribution in [0.4, 0.5) is 0 Å². The van der Waals surface area contributed by atoms with E-state index in [0.29, 0.717) is 12.1 Å². The average molecular weight is 364 g/mol. The number of fused-ring (bicyclic) bond motifs is 2. The van der Waals surface area contributed by atoms with Gasteiger partial charge in [-0.15, -0.1) is 0 Å². The summed E-state index contributed by atoms with van der Waals surface area (Å²) < 4.78 is 5.87. The number of benzene rings is 2. The first-order chi connectivity index (χ1) is 12.5. The van der Waals surface area contributed by atoms with Crippen LogP contribution in [0.2, 0.25) is 19.6 Å². The van der Waals surface area contributed by atoms with E-state index in [9.17, 15) is 0 Å². The molecule has 26 heavy (non-hydrogen) atoms. The molecule has 3 heteroatoms. The fourth-order valence-corrected chi connectivity index (χ4v) is 5.27. The summed E-state index contributed by atoms with van der Waals surface area (Å²) in [5.74, 6) is 0. The predicted octanol–water partition coefficient (Wildman–Crippen LogP) is 4.29. The number of rotatable bonds is 4. The molecule has 2 atom stereocenters. The van der Waals surface area contributed by atoms with Gasteiger partial charge < -0.3 is 4.74 Å². The number of hydrogen-bond donors (Lipinski definition) is 0. The van der Waals surface area contributed by atoms with Crippen LogP contribution in [0.5, 0.6) is 0 Å². The van der Waals surface area contributed by atoms with Crippen molar-refractivity contribution >= 4 is 18.8 Å². The van der Waals surface area contributed by atoms with E-state index in [2.05, 4.69) is 85.2 Å². The van der Waals surface area contributed by atoms with Gasteiger partial charge in [-0.05, 0) is 23.1 Å². The third-order valence-electron chi connectivity index (χ3n) is 5.67. The predicted molar refractivity (Wildman–Crippen MR) is 112 cm³/mol. The zero-order valence-corrected chi connectivity index (χ0v) is 17.1. The van der Waals surface area contributed by atoms with E-state index in [1.807, 2.05) is 0 Å². The maximum absolute atomic E-state index is 5.87. The van der Waals surface area contributed by atoms with Crippen molar-refractivity contribution in [3.8, 4) is 0 Å². The maximum atomic E-state index is 5.87. The maximum Gasteiger partial charge on any atom is 0.0775 e. The SMILES string of the molecule is C[Si](C)(C)c1ccc(C2=CC3COCC(C2)N3Cc2ccccc2)cc1. The summed E-state index contributed by atoms with van der Waals surface area (Å²) in [7, 11) is -1.23. The Morgan fingerprint density at radius 3 is 2.35 bits per heavy atom. The largest absolute Gasteiger partial charge is 0.378 e. The quantitative estimate of drug-likeness (QED) is 0.752. The van der Waals surface area contributed by atoms with Crippen LogP contribution in [0.3, 0.4) is 0 Å². The molecule has 2 unspecified atom stereocenters. The zero-order chi connectivity index (χ0) is 18.1. The molecule has 1 fully saturated rings. The van der Waals surface area contributed by atoms with E-state index in [1.54, 1.807) is 0 Å². The van der Waals surface area contributed by atoms with E-state index in [1.165, 1.54) is 21.9 Å². The Labute approximate surface area is 158 Å². The monoisotopic (exact) mass is 363 g/mol. The van der Waals surface area contributed by atoms with Gasteiger partial charge in [-0.1, -0.05) is 85.5 Å². The highest BCUT2D eigenvalue weighted by molar-refractivity contribution is 6.88. The second-order valence-corrected chi connectivity index (χ2v) is 13.7. The molecule has 0 spiro atoms. The third kappa shape index (κ3) is 3.71. The first-order valence-corrected chi connectivity index (χ1v) is 13.2. The molecule has 2 bridgehead atoms. The van der Waals surface area contributed by atoms with Crippen LogP contribution in [0.1, 0.15) is 17.5 Å². The van der Waals surface area contributed by atoms with E-state index < -0.39 is 8.07 Å². The smallest absolute Gasteiger partial charge is 0.0775 e. The summed E-state index contributed by atoms with van der Waals surface area (Å²) in [6.07, 6.45) is 3.53. The van der Waals surface area contributed by atoms with Crippen molar-refractivity contribution in [3.05, 3.63) is 71.8 Å². The van der Waals surface area contributed by atoms with E-state index in [-0.39, 0.29) is 0 Å². The molecule has 0 amide bonds. The number of hydrogen-bond acceptors (Lipinski definition) is 2. The van der Waals surface area contributed by atoms with Crippen LogP contribution >= 0.6 is 0 Å². The Hall–Kier alpha value is -1.68. The molecule has 2 nitrogen and oxygen atoms in total. The summed E-state index contributed by atoms with van der Waals surface area (Å²) in [6.45, 7) is 9.88. The minimum Gasteiger partial charge on any atom is -0.378 e. The molecule has 0 saturated carbocycles. The van der Waals surface area contributed by atoms with Gasteiger partial charge in [-0.2, -0.15) is 0 Å². The molecule has 0 radical (unpaired) electrons. The van der Waals surface area contributed by atoms with Crippen LogP contribution < -0.4 is 5.19 Å². The molecule has 136 valence electrons. The lowest BCUT2D eigenvalue weighted by atomic mass is 9.89. The molecular formula is C23H29NOSi. The molecule has 0 aliphatic carbocycles. The van der Waals surface area contributed by atoms with Crippen LogP contribution in [0.15, 0.2) is 60.7 Å². The number of morpholine rings is 1.